The fourth-order valence-corrected chi connectivity index (χ4v) is 4.34. The molecule has 1 fully saturated rings. The van der Waals surface area contributed by atoms with Gasteiger partial charge in [0.05, 0.1) is 0 Å². The fraction of sp³-hybridized carbons (Fsp3) is 1.00. The zero-order chi connectivity index (χ0) is 19.3. The van der Waals surface area contributed by atoms with Crippen LogP contribution in [0.15, 0.2) is 0 Å². The lowest BCUT2D eigenvalue weighted by molar-refractivity contribution is 0.229. The van der Waals surface area contributed by atoms with Gasteiger partial charge in [-0.25, -0.2) is 0 Å². The molecule has 0 unspecified atom stereocenters. The van der Waals surface area contributed by atoms with Crippen LogP contribution in [-0.2, 0) is 0 Å². The van der Waals surface area contributed by atoms with Gasteiger partial charge in [-0.15, -0.1) is 0 Å². The molecule has 0 atom stereocenters. The van der Waals surface area contributed by atoms with E-state index in [1.54, 1.807) is 0 Å². The van der Waals surface area contributed by atoms with Crippen molar-refractivity contribution < 1.29 is 0 Å². The standard InChI is InChI=1S/C25H52N2/c1-2-3-4-5-6-7-8-9-10-11-12-13-14-15-16-18-21-26-22-25-27-23-19-17-20-24-27/h26H,2-25H2,1H3. The van der Waals surface area contributed by atoms with Crippen LogP contribution in [0.2, 0.25) is 0 Å². The van der Waals surface area contributed by atoms with Crippen molar-refractivity contribution in [3.63, 3.8) is 0 Å². The first-order chi connectivity index (χ1) is 13.4. The van der Waals surface area contributed by atoms with Gasteiger partial charge in [0.1, 0.15) is 0 Å². The van der Waals surface area contributed by atoms with Gasteiger partial charge in [-0.05, 0) is 38.9 Å². The van der Waals surface area contributed by atoms with E-state index in [0.717, 1.165) is 0 Å². The van der Waals surface area contributed by atoms with Crippen molar-refractivity contribution in [2.24, 2.45) is 0 Å². The Morgan fingerprint density at radius 1 is 0.519 bits per heavy atom. The molecular formula is C25H52N2. The van der Waals surface area contributed by atoms with E-state index in [1.165, 1.54) is 155 Å². The predicted molar refractivity (Wildman–Crippen MR) is 123 cm³/mol. The average molecular weight is 381 g/mol. The lowest BCUT2D eigenvalue weighted by Gasteiger charge is -2.26. The first kappa shape index (κ1) is 25.0. The maximum atomic E-state index is 3.64. The van der Waals surface area contributed by atoms with Crippen LogP contribution in [0.25, 0.3) is 0 Å². The topological polar surface area (TPSA) is 15.3 Å². The summed E-state index contributed by atoms with van der Waals surface area (Å²) in [5.41, 5.74) is 0. The Hall–Kier alpha value is -0.0800. The molecule has 0 bridgehead atoms. The van der Waals surface area contributed by atoms with E-state index in [2.05, 4.69) is 17.1 Å². The maximum absolute atomic E-state index is 3.64. The van der Waals surface area contributed by atoms with Crippen LogP contribution in [0.1, 0.15) is 129 Å². The normalized spacial score (nSPS) is 15.4. The van der Waals surface area contributed by atoms with Crippen LogP contribution in [0.3, 0.4) is 0 Å². The molecule has 0 saturated carbocycles. The Kier molecular flexibility index (Phi) is 19.1. The van der Waals surface area contributed by atoms with Crippen molar-refractivity contribution in [2.45, 2.75) is 129 Å². The number of piperidine rings is 1. The maximum Gasteiger partial charge on any atom is 0.0107 e. The monoisotopic (exact) mass is 380 g/mol. The quantitative estimate of drug-likeness (QED) is 0.222. The molecule has 0 aromatic rings. The van der Waals surface area contributed by atoms with E-state index in [-0.39, 0.29) is 0 Å². The second kappa shape index (κ2) is 20.6. The van der Waals surface area contributed by atoms with E-state index in [1.807, 2.05) is 0 Å². The van der Waals surface area contributed by atoms with Gasteiger partial charge in [0.2, 0.25) is 0 Å². The minimum atomic E-state index is 1.19. The zero-order valence-electron chi connectivity index (χ0n) is 18.9. The van der Waals surface area contributed by atoms with E-state index >= 15 is 0 Å². The second-order valence-corrected chi connectivity index (χ2v) is 8.96. The molecule has 1 aliphatic heterocycles. The summed E-state index contributed by atoms with van der Waals surface area (Å²) in [6.07, 6.45) is 27.6. The summed E-state index contributed by atoms with van der Waals surface area (Å²) < 4.78 is 0. The van der Waals surface area contributed by atoms with Crippen molar-refractivity contribution in [1.29, 1.82) is 0 Å². The number of nitrogens with one attached hydrogen (secondary N) is 1. The Bertz CT molecular complexity index is 273. The van der Waals surface area contributed by atoms with E-state index in [0.29, 0.717) is 0 Å². The largest absolute Gasteiger partial charge is 0.315 e. The smallest absolute Gasteiger partial charge is 0.0107 e. The molecular weight excluding hydrogens is 328 g/mol. The Morgan fingerprint density at radius 2 is 0.963 bits per heavy atom. The third-order valence-corrected chi connectivity index (χ3v) is 6.26. The van der Waals surface area contributed by atoms with Gasteiger partial charge in [-0.3, -0.25) is 0 Å². The van der Waals surface area contributed by atoms with E-state index in [9.17, 15) is 0 Å². The second-order valence-electron chi connectivity index (χ2n) is 8.96. The van der Waals surface area contributed by atoms with Gasteiger partial charge in [0.15, 0.2) is 0 Å². The average Bonchev–Trinajstić information content (AvgIpc) is 2.70. The fourth-order valence-electron chi connectivity index (χ4n) is 4.34. The minimum Gasteiger partial charge on any atom is -0.315 e. The summed E-state index contributed by atoms with van der Waals surface area (Å²) >= 11 is 0. The molecule has 2 heteroatoms. The number of hydrogen-bond donors (Lipinski definition) is 1. The highest BCUT2D eigenvalue weighted by Gasteiger charge is 2.08. The highest BCUT2D eigenvalue weighted by Crippen LogP contribution is 2.13. The molecule has 2 nitrogen and oxygen atoms in total. The molecule has 0 aromatic carbocycles. The molecule has 0 amide bonds. The number of likely N-dealkylation sites (tertiary alicyclic amines) is 1. The third-order valence-electron chi connectivity index (χ3n) is 6.26. The number of unbranched alkanes of at least 4 members (excludes halogenated alkanes) is 15. The summed E-state index contributed by atoms with van der Waals surface area (Å²) in [5.74, 6) is 0. The Morgan fingerprint density at radius 3 is 1.44 bits per heavy atom. The van der Waals surface area contributed by atoms with E-state index in [4.69, 9.17) is 0 Å². The molecule has 0 aliphatic carbocycles. The molecule has 27 heavy (non-hydrogen) atoms. The van der Waals surface area contributed by atoms with Gasteiger partial charge in [0.25, 0.3) is 0 Å². The first-order valence-electron chi connectivity index (χ1n) is 12.9. The molecule has 1 saturated heterocycles. The molecule has 1 rings (SSSR count). The summed E-state index contributed by atoms with van der Waals surface area (Å²) in [5, 5.41) is 3.64. The summed E-state index contributed by atoms with van der Waals surface area (Å²) in [7, 11) is 0. The molecule has 1 aliphatic rings. The van der Waals surface area contributed by atoms with Crippen LogP contribution in [0.5, 0.6) is 0 Å². The number of nitrogens with zero attached hydrogens (tertiary/aromatic N) is 1. The molecule has 162 valence electrons. The van der Waals surface area contributed by atoms with Crippen LogP contribution in [0.4, 0.5) is 0 Å². The lowest BCUT2D eigenvalue weighted by atomic mass is 10.0. The van der Waals surface area contributed by atoms with Crippen LogP contribution in [-0.4, -0.2) is 37.6 Å². The lowest BCUT2D eigenvalue weighted by Crippen LogP contribution is -2.36. The van der Waals surface area contributed by atoms with Gasteiger partial charge >= 0.3 is 0 Å². The van der Waals surface area contributed by atoms with Crippen molar-refractivity contribution in [2.75, 3.05) is 32.7 Å². The summed E-state index contributed by atoms with van der Waals surface area (Å²) in [4.78, 5) is 2.63. The molecule has 0 radical (unpaired) electrons. The van der Waals surface area contributed by atoms with Crippen molar-refractivity contribution in [3.05, 3.63) is 0 Å². The van der Waals surface area contributed by atoms with Crippen LogP contribution in [0, 0.1) is 0 Å². The number of hydrogen-bond acceptors (Lipinski definition) is 2. The van der Waals surface area contributed by atoms with Gasteiger partial charge < -0.3 is 10.2 Å². The SMILES string of the molecule is CCCCCCCCCCCCCCCCCCNCCN1CCCCC1. The highest BCUT2D eigenvalue weighted by molar-refractivity contribution is 4.65. The minimum absolute atomic E-state index is 1.19. The molecule has 1 N–H and O–H groups in total. The zero-order valence-corrected chi connectivity index (χ0v) is 18.9. The van der Waals surface area contributed by atoms with Crippen molar-refractivity contribution in [3.8, 4) is 0 Å². The summed E-state index contributed by atoms with van der Waals surface area (Å²) in [6, 6.07) is 0. The third kappa shape index (κ3) is 17.7. The highest BCUT2D eigenvalue weighted by atomic mass is 15.1. The Labute approximate surface area is 172 Å². The number of rotatable bonds is 20. The molecule has 0 aromatic heterocycles. The molecule has 0 spiro atoms. The van der Waals surface area contributed by atoms with Gasteiger partial charge in [-0.2, -0.15) is 0 Å². The van der Waals surface area contributed by atoms with Crippen molar-refractivity contribution >= 4 is 0 Å². The Balaban J connectivity index is 1.64. The van der Waals surface area contributed by atoms with Crippen molar-refractivity contribution in [1.82, 2.24) is 10.2 Å². The van der Waals surface area contributed by atoms with Crippen LogP contribution >= 0.6 is 0 Å². The van der Waals surface area contributed by atoms with Gasteiger partial charge in [-0.1, -0.05) is 110 Å². The molecule has 1 heterocycles. The first-order valence-corrected chi connectivity index (χ1v) is 12.9. The predicted octanol–water partition coefficient (Wildman–Crippen LogP) is 7.32. The van der Waals surface area contributed by atoms with Crippen LogP contribution < -0.4 is 5.32 Å². The summed E-state index contributed by atoms with van der Waals surface area (Å²) in [6.45, 7) is 8.65. The van der Waals surface area contributed by atoms with Gasteiger partial charge in [0, 0.05) is 13.1 Å². The van der Waals surface area contributed by atoms with E-state index < -0.39 is 0 Å².